The minimum atomic E-state index is -4.94. The molecule has 2 aromatic heterocycles. The minimum Gasteiger partial charge on any atom is -0.490 e. The number of halogens is 1. The molecule has 0 aliphatic rings. The second-order valence-electron chi connectivity index (χ2n) is 5.36. The maximum absolute atomic E-state index is 8.49. The van der Waals surface area contributed by atoms with Crippen molar-refractivity contribution >= 4 is 16.3 Å². The van der Waals surface area contributed by atoms with E-state index in [0.29, 0.717) is 13.2 Å². The van der Waals surface area contributed by atoms with Gasteiger partial charge in [-0.3, -0.25) is 0 Å². The van der Waals surface area contributed by atoms with Crippen LogP contribution < -0.4 is 32.5 Å². The van der Waals surface area contributed by atoms with E-state index >= 15 is 0 Å². The zero-order chi connectivity index (χ0) is 19.3. The number of fused-ring (bicyclic) bond motifs is 2. The minimum absolute atomic E-state index is 0.630. The van der Waals surface area contributed by atoms with Gasteiger partial charge < -0.3 is 9.47 Å². The van der Waals surface area contributed by atoms with Gasteiger partial charge >= 0.3 is 0 Å². The van der Waals surface area contributed by atoms with E-state index in [4.69, 9.17) is 28.1 Å². The van der Waals surface area contributed by atoms with Gasteiger partial charge in [0.2, 0.25) is 5.52 Å². The molecule has 0 saturated heterocycles. The molecule has 2 heterocycles. The average Bonchev–Trinajstić information content (AvgIpc) is 2.55. The third-order valence-electron chi connectivity index (χ3n) is 3.66. The standard InChI is InChI=1S/C18H20NO2.ClHO4/c1-4-20-17-11-14-10-15-8-6-7-9-19(15)13(3)16(14)12-18(17)21-5-2;2-1(3,4)5/h6-12H,4-5H2,1-3H3;(H,2,3,4,5)/q+1;/p-1. The maximum Gasteiger partial charge on any atom is 0.211 e. The quantitative estimate of drug-likeness (QED) is 0.420. The molecule has 3 rings (SSSR count). The summed E-state index contributed by atoms with van der Waals surface area (Å²) in [6.07, 6.45) is 2.08. The van der Waals surface area contributed by atoms with E-state index in [1.807, 2.05) is 19.9 Å². The summed E-state index contributed by atoms with van der Waals surface area (Å²) < 4.78 is 47.6. The fourth-order valence-electron chi connectivity index (χ4n) is 2.71. The van der Waals surface area contributed by atoms with E-state index in [9.17, 15) is 0 Å². The SMILES string of the molecule is CCOc1cc2cc3cccc[n+]3c(C)c2cc1OCC.[O-][Cl+3]([O-])([O-])[O-]. The molecule has 0 N–H and O–H groups in total. The van der Waals surface area contributed by atoms with E-state index < -0.39 is 10.2 Å². The number of hydrogen-bond donors (Lipinski definition) is 0. The molecular weight excluding hydrogens is 362 g/mol. The molecule has 0 aliphatic heterocycles. The Bertz CT molecular complexity index is 888. The highest BCUT2D eigenvalue weighted by Gasteiger charge is 2.15. The monoisotopic (exact) mass is 381 g/mol. The van der Waals surface area contributed by atoms with Gasteiger partial charge in [0.15, 0.2) is 23.4 Å². The zero-order valence-electron chi connectivity index (χ0n) is 14.7. The van der Waals surface area contributed by atoms with Gasteiger partial charge in [-0.25, -0.2) is 18.6 Å². The molecule has 8 heteroatoms. The van der Waals surface area contributed by atoms with Crippen LogP contribution in [0.3, 0.4) is 0 Å². The third-order valence-corrected chi connectivity index (χ3v) is 3.66. The van der Waals surface area contributed by atoms with Crippen molar-refractivity contribution in [1.29, 1.82) is 0 Å². The summed E-state index contributed by atoms with van der Waals surface area (Å²) in [6.45, 7) is 7.37. The number of pyridine rings is 2. The molecule has 7 nitrogen and oxygen atoms in total. The van der Waals surface area contributed by atoms with Crippen molar-refractivity contribution in [2.24, 2.45) is 0 Å². The highest BCUT2D eigenvalue weighted by atomic mass is 35.7. The van der Waals surface area contributed by atoms with Crippen LogP contribution in [-0.4, -0.2) is 13.2 Å². The number of benzene rings is 1. The van der Waals surface area contributed by atoms with Gasteiger partial charge in [0, 0.05) is 25.1 Å². The Morgan fingerprint density at radius 2 is 1.50 bits per heavy atom. The predicted octanol–water partition coefficient (Wildman–Crippen LogP) is -1.07. The van der Waals surface area contributed by atoms with Gasteiger partial charge in [-0.05, 0) is 37.4 Å². The van der Waals surface area contributed by atoms with Crippen molar-refractivity contribution in [2.75, 3.05) is 13.2 Å². The molecule has 26 heavy (non-hydrogen) atoms. The van der Waals surface area contributed by atoms with E-state index in [0.717, 1.165) is 11.5 Å². The van der Waals surface area contributed by atoms with Gasteiger partial charge in [-0.15, -0.1) is 10.2 Å². The Hall–Kier alpha value is -2.16. The second-order valence-corrected chi connectivity index (χ2v) is 6.11. The summed E-state index contributed by atoms with van der Waals surface area (Å²) in [7, 11) is -4.94. The van der Waals surface area contributed by atoms with Gasteiger partial charge in [0.1, 0.15) is 0 Å². The van der Waals surface area contributed by atoms with E-state index in [-0.39, 0.29) is 0 Å². The van der Waals surface area contributed by atoms with Crippen LogP contribution >= 0.6 is 0 Å². The number of aryl methyl sites for hydroxylation is 1. The largest absolute Gasteiger partial charge is 0.490 e. The molecule has 0 aliphatic carbocycles. The second kappa shape index (κ2) is 8.48. The van der Waals surface area contributed by atoms with Crippen LogP contribution in [0.4, 0.5) is 0 Å². The molecule has 140 valence electrons. The van der Waals surface area contributed by atoms with E-state index in [1.165, 1.54) is 22.0 Å². The summed E-state index contributed by atoms with van der Waals surface area (Å²) in [5.74, 6) is 1.62. The lowest BCUT2D eigenvalue weighted by Crippen LogP contribution is -2.68. The molecule has 0 bridgehead atoms. The van der Waals surface area contributed by atoms with Crippen LogP contribution in [0.2, 0.25) is 0 Å². The van der Waals surface area contributed by atoms with Gasteiger partial charge in [-0.2, -0.15) is 4.40 Å². The Balaban J connectivity index is 0.000000431. The molecule has 1 aromatic carbocycles. The molecule has 0 unspecified atom stereocenters. The van der Waals surface area contributed by atoms with Crippen molar-refractivity contribution in [2.45, 2.75) is 20.8 Å². The number of hydrogen-bond acceptors (Lipinski definition) is 6. The van der Waals surface area contributed by atoms with Gasteiger partial charge in [0.25, 0.3) is 0 Å². The summed E-state index contributed by atoms with van der Waals surface area (Å²) in [6, 6.07) is 12.6. The highest BCUT2D eigenvalue weighted by Crippen LogP contribution is 2.33. The fourth-order valence-corrected chi connectivity index (χ4v) is 2.71. The van der Waals surface area contributed by atoms with Crippen molar-refractivity contribution in [3.05, 3.63) is 48.3 Å². The molecule has 0 fully saturated rings. The topological polar surface area (TPSA) is 115 Å². The first kappa shape index (κ1) is 20.2. The first-order valence-electron chi connectivity index (χ1n) is 7.99. The third kappa shape index (κ3) is 5.17. The molecule has 3 aromatic rings. The summed E-state index contributed by atoms with van der Waals surface area (Å²) in [5, 5.41) is 2.36. The Labute approximate surface area is 153 Å². The van der Waals surface area contributed by atoms with Crippen LogP contribution in [0, 0.1) is 17.2 Å². The average molecular weight is 382 g/mol. The molecule has 0 radical (unpaired) electrons. The Morgan fingerprint density at radius 3 is 2.08 bits per heavy atom. The first-order valence-corrected chi connectivity index (χ1v) is 9.23. The van der Waals surface area contributed by atoms with E-state index in [2.05, 4.69) is 47.9 Å². The number of aromatic nitrogens is 1. The van der Waals surface area contributed by atoms with E-state index in [1.54, 1.807) is 0 Å². The first-order chi connectivity index (χ1) is 12.2. The van der Waals surface area contributed by atoms with Gasteiger partial charge in [0.05, 0.1) is 18.6 Å². The lowest BCUT2D eigenvalue weighted by Gasteiger charge is -2.17. The normalized spacial score (nSPS) is 11.2. The Morgan fingerprint density at radius 1 is 0.923 bits per heavy atom. The molecule has 0 amide bonds. The summed E-state index contributed by atoms with van der Waals surface area (Å²) in [4.78, 5) is 0. The number of ether oxygens (including phenoxy) is 2. The lowest BCUT2D eigenvalue weighted by atomic mass is 10.1. The maximum atomic E-state index is 8.49. The van der Waals surface area contributed by atoms with Crippen molar-refractivity contribution < 1.29 is 42.8 Å². The van der Waals surface area contributed by atoms with Crippen LogP contribution in [0.1, 0.15) is 19.5 Å². The van der Waals surface area contributed by atoms with Crippen molar-refractivity contribution in [3.63, 3.8) is 0 Å². The fraction of sp³-hybridized carbons (Fsp3) is 0.278. The van der Waals surface area contributed by atoms with Crippen LogP contribution in [0.25, 0.3) is 16.3 Å². The lowest BCUT2D eigenvalue weighted by molar-refractivity contribution is -2.00. The molecule has 0 atom stereocenters. The number of rotatable bonds is 4. The predicted molar refractivity (Wildman–Crippen MR) is 84.2 cm³/mol. The van der Waals surface area contributed by atoms with Crippen molar-refractivity contribution in [1.82, 2.24) is 0 Å². The van der Waals surface area contributed by atoms with Gasteiger partial charge in [-0.1, -0.05) is 0 Å². The molecule has 0 spiro atoms. The molecular formula is C18H20ClNO6. The smallest absolute Gasteiger partial charge is 0.211 e. The summed E-state index contributed by atoms with van der Waals surface area (Å²) in [5.41, 5.74) is 2.38. The van der Waals surface area contributed by atoms with Crippen molar-refractivity contribution in [3.8, 4) is 11.5 Å². The van der Waals surface area contributed by atoms with Crippen LogP contribution in [0.15, 0.2) is 42.6 Å². The summed E-state index contributed by atoms with van der Waals surface area (Å²) >= 11 is 0. The van der Waals surface area contributed by atoms with Crippen LogP contribution in [0.5, 0.6) is 11.5 Å². The number of nitrogens with zero attached hydrogens (tertiary/aromatic N) is 1. The Kier molecular flexibility index (Phi) is 6.57. The van der Waals surface area contributed by atoms with Crippen LogP contribution in [-0.2, 0) is 0 Å². The molecule has 0 saturated carbocycles. The highest BCUT2D eigenvalue weighted by molar-refractivity contribution is 5.89. The zero-order valence-corrected chi connectivity index (χ0v) is 15.5.